The van der Waals surface area contributed by atoms with Gasteiger partial charge in [0.2, 0.25) is 0 Å². The zero-order chi connectivity index (χ0) is 18.1. The first-order valence-corrected chi connectivity index (χ1v) is 9.56. The molecule has 1 aromatic carbocycles. The average Bonchev–Trinajstić information content (AvgIpc) is 3.10. The van der Waals surface area contributed by atoms with Crippen molar-refractivity contribution in [2.24, 2.45) is 0 Å². The molecule has 26 heavy (non-hydrogen) atoms. The lowest BCUT2D eigenvalue weighted by Gasteiger charge is -2.30. The molecule has 0 amide bonds. The Labute approximate surface area is 155 Å². The molecule has 0 radical (unpaired) electrons. The van der Waals surface area contributed by atoms with Crippen LogP contribution in [0.1, 0.15) is 45.1 Å². The molecule has 3 N–H and O–H groups in total. The molecule has 0 bridgehead atoms. The van der Waals surface area contributed by atoms with Crippen molar-refractivity contribution in [1.82, 2.24) is 15.3 Å². The number of aromatic amines is 1. The van der Waals surface area contributed by atoms with Gasteiger partial charge in [-0.15, -0.1) is 0 Å². The lowest BCUT2D eigenvalue weighted by Crippen LogP contribution is -2.29. The Hall–Kier alpha value is -2.33. The maximum atomic E-state index is 4.42. The van der Waals surface area contributed by atoms with Gasteiger partial charge in [-0.1, -0.05) is 12.1 Å². The molecular formula is C22H28N4. The maximum absolute atomic E-state index is 4.42. The van der Waals surface area contributed by atoms with Crippen LogP contribution in [0.5, 0.6) is 0 Å². The number of hydrogen-bond acceptors (Lipinski definition) is 3. The number of nitrogens with zero attached hydrogens (tertiary/aromatic N) is 1. The van der Waals surface area contributed by atoms with Crippen molar-refractivity contribution in [2.75, 3.05) is 18.4 Å². The fourth-order valence-electron chi connectivity index (χ4n) is 3.94. The Morgan fingerprint density at radius 2 is 1.88 bits per heavy atom. The smallest absolute Gasteiger partial charge is 0.137 e. The van der Waals surface area contributed by atoms with Crippen LogP contribution in [0, 0.1) is 0 Å². The molecule has 0 atom stereocenters. The summed E-state index contributed by atoms with van der Waals surface area (Å²) in [6, 6.07) is 11.1. The van der Waals surface area contributed by atoms with Gasteiger partial charge in [-0.05, 0) is 87.5 Å². The first-order valence-electron chi connectivity index (χ1n) is 9.56. The molecular weight excluding hydrogens is 320 g/mol. The third-order valence-corrected chi connectivity index (χ3v) is 5.11. The predicted molar refractivity (Wildman–Crippen MR) is 110 cm³/mol. The van der Waals surface area contributed by atoms with E-state index in [0.717, 1.165) is 18.7 Å². The molecule has 0 unspecified atom stereocenters. The minimum Gasteiger partial charge on any atom is -0.380 e. The maximum Gasteiger partial charge on any atom is 0.137 e. The van der Waals surface area contributed by atoms with Crippen LogP contribution in [-0.4, -0.2) is 28.6 Å². The molecule has 1 fully saturated rings. The van der Waals surface area contributed by atoms with E-state index in [0.29, 0.717) is 5.92 Å². The number of hydrogen-bond donors (Lipinski definition) is 3. The van der Waals surface area contributed by atoms with Crippen molar-refractivity contribution in [3.8, 4) is 11.1 Å². The Bertz CT molecular complexity index is 898. The molecule has 136 valence electrons. The number of benzene rings is 1. The summed E-state index contributed by atoms with van der Waals surface area (Å²) in [6.45, 7) is 8.89. The third kappa shape index (κ3) is 3.47. The standard InChI is InChI=1S/C22H28N4/c1-22(2,3)26-20-14-16(4-5-18(20)15-6-10-23-11-7-15)17-8-12-24-21-19(17)9-13-25-21/h4-5,8-9,12-15,23,26H,6-7,10-11H2,1-3H3,(H,24,25). The Morgan fingerprint density at radius 3 is 2.65 bits per heavy atom. The van der Waals surface area contributed by atoms with Gasteiger partial charge >= 0.3 is 0 Å². The number of H-pyrrole nitrogens is 1. The quantitative estimate of drug-likeness (QED) is 0.630. The summed E-state index contributed by atoms with van der Waals surface area (Å²) in [4.78, 5) is 7.63. The Balaban J connectivity index is 1.79. The Kier molecular flexibility index (Phi) is 4.45. The van der Waals surface area contributed by atoms with Crippen LogP contribution in [0.15, 0.2) is 42.7 Å². The molecule has 4 nitrogen and oxygen atoms in total. The van der Waals surface area contributed by atoms with Crippen LogP contribution in [0.25, 0.3) is 22.2 Å². The first kappa shape index (κ1) is 17.1. The Morgan fingerprint density at radius 1 is 1.08 bits per heavy atom. The van der Waals surface area contributed by atoms with Gasteiger partial charge in [-0.2, -0.15) is 0 Å². The van der Waals surface area contributed by atoms with E-state index >= 15 is 0 Å². The fraction of sp³-hybridized carbons (Fsp3) is 0.409. The van der Waals surface area contributed by atoms with Gasteiger partial charge in [-0.3, -0.25) is 0 Å². The third-order valence-electron chi connectivity index (χ3n) is 5.11. The molecule has 3 heterocycles. The second kappa shape index (κ2) is 6.76. The summed E-state index contributed by atoms with van der Waals surface area (Å²) in [5.74, 6) is 0.625. The molecule has 0 spiro atoms. The summed E-state index contributed by atoms with van der Waals surface area (Å²) in [7, 11) is 0. The fourth-order valence-corrected chi connectivity index (χ4v) is 3.94. The molecule has 1 aliphatic rings. The van der Waals surface area contributed by atoms with E-state index in [1.807, 2.05) is 12.4 Å². The van der Waals surface area contributed by atoms with Crippen molar-refractivity contribution in [1.29, 1.82) is 0 Å². The highest BCUT2D eigenvalue weighted by Gasteiger charge is 2.21. The zero-order valence-corrected chi connectivity index (χ0v) is 15.9. The van der Waals surface area contributed by atoms with Gasteiger partial charge in [0.05, 0.1) is 0 Å². The van der Waals surface area contributed by atoms with Gasteiger partial charge in [0, 0.05) is 29.0 Å². The van der Waals surface area contributed by atoms with Gasteiger partial charge < -0.3 is 15.6 Å². The number of rotatable bonds is 3. The van der Waals surface area contributed by atoms with E-state index in [1.54, 1.807) is 0 Å². The van der Waals surface area contributed by atoms with Crippen LogP contribution in [-0.2, 0) is 0 Å². The largest absolute Gasteiger partial charge is 0.380 e. The molecule has 4 heteroatoms. The minimum atomic E-state index is 0.0297. The van der Waals surface area contributed by atoms with E-state index in [-0.39, 0.29) is 5.54 Å². The van der Waals surface area contributed by atoms with Crippen LogP contribution in [0.3, 0.4) is 0 Å². The number of nitrogens with one attached hydrogen (secondary N) is 3. The first-order chi connectivity index (χ1) is 12.5. The topological polar surface area (TPSA) is 52.7 Å². The lowest BCUT2D eigenvalue weighted by atomic mass is 9.87. The van der Waals surface area contributed by atoms with E-state index in [9.17, 15) is 0 Å². The second-order valence-electron chi connectivity index (χ2n) is 8.30. The van der Waals surface area contributed by atoms with Crippen molar-refractivity contribution in [3.63, 3.8) is 0 Å². The molecule has 2 aromatic heterocycles. The minimum absolute atomic E-state index is 0.0297. The van der Waals surface area contributed by atoms with E-state index in [4.69, 9.17) is 0 Å². The normalized spacial score (nSPS) is 16.1. The van der Waals surface area contributed by atoms with Gasteiger partial charge in [0.25, 0.3) is 0 Å². The summed E-state index contributed by atoms with van der Waals surface area (Å²) < 4.78 is 0. The van der Waals surface area contributed by atoms with Crippen molar-refractivity contribution >= 4 is 16.7 Å². The summed E-state index contributed by atoms with van der Waals surface area (Å²) in [5, 5.41) is 8.40. The van der Waals surface area contributed by atoms with E-state index < -0.39 is 0 Å². The highest BCUT2D eigenvalue weighted by molar-refractivity contribution is 5.93. The zero-order valence-electron chi connectivity index (χ0n) is 15.9. The lowest BCUT2D eigenvalue weighted by molar-refractivity contribution is 0.460. The van der Waals surface area contributed by atoms with Gasteiger partial charge in [0.15, 0.2) is 0 Å². The summed E-state index contributed by atoms with van der Waals surface area (Å²) >= 11 is 0. The molecule has 1 saturated heterocycles. The summed E-state index contributed by atoms with van der Waals surface area (Å²) in [5.41, 5.74) is 6.15. The monoisotopic (exact) mass is 348 g/mol. The number of anilines is 1. The number of aromatic nitrogens is 2. The van der Waals surface area contributed by atoms with Crippen LogP contribution in [0.4, 0.5) is 5.69 Å². The highest BCUT2D eigenvalue weighted by atomic mass is 15.0. The number of fused-ring (bicyclic) bond motifs is 1. The van der Waals surface area contributed by atoms with Crippen LogP contribution < -0.4 is 10.6 Å². The van der Waals surface area contributed by atoms with Crippen molar-refractivity contribution < 1.29 is 0 Å². The molecule has 0 saturated carbocycles. The van der Waals surface area contributed by atoms with Crippen molar-refractivity contribution in [2.45, 2.75) is 45.1 Å². The molecule has 1 aliphatic heterocycles. The van der Waals surface area contributed by atoms with Crippen molar-refractivity contribution in [3.05, 3.63) is 48.3 Å². The van der Waals surface area contributed by atoms with E-state index in [2.05, 4.69) is 71.7 Å². The van der Waals surface area contributed by atoms with E-state index in [1.165, 1.54) is 40.6 Å². The highest BCUT2D eigenvalue weighted by Crippen LogP contribution is 2.37. The number of pyridine rings is 1. The average molecular weight is 348 g/mol. The van der Waals surface area contributed by atoms with Crippen LogP contribution >= 0.6 is 0 Å². The van der Waals surface area contributed by atoms with Gasteiger partial charge in [-0.25, -0.2) is 4.98 Å². The van der Waals surface area contributed by atoms with Crippen LogP contribution in [0.2, 0.25) is 0 Å². The molecule has 0 aliphatic carbocycles. The molecule has 4 rings (SSSR count). The molecule has 3 aromatic rings. The number of piperidine rings is 1. The SMILES string of the molecule is CC(C)(C)Nc1cc(-c2ccnc3[nH]ccc23)ccc1C1CCNCC1. The predicted octanol–water partition coefficient (Wildman–Crippen LogP) is 4.91. The second-order valence-corrected chi connectivity index (χ2v) is 8.30. The van der Waals surface area contributed by atoms with Gasteiger partial charge in [0.1, 0.15) is 5.65 Å². The summed E-state index contributed by atoms with van der Waals surface area (Å²) in [6.07, 6.45) is 6.25.